The van der Waals surface area contributed by atoms with Crippen LogP contribution in [-0.2, 0) is 14.3 Å². The van der Waals surface area contributed by atoms with E-state index in [1.54, 1.807) is 22.9 Å². The third-order valence-corrected chi connectivity index (χ3v) is 5.13. The number of para-hydroxylation sites is 1. The van der Waals surface area contributed by atoms with Gasteiger partial charge in [0, 0.05) is 18.1 Å². The zero-order chi connectivity index (χ0) is 18.0. The Hall–Kier alpha value is -2.08. The van der Waals surface area contributed by atoms with E-state index in [9.17, 15) is 9.59 Å². The largest absolute Gasteiger partial charge is 0.460 e. The van der Waals surface area contributed by atoms with E-state index in [0.29, 0.717) is 12.3 Å². The number of carbonyl (C=O) groups excluding carboxylic acids is 2. The Kier molecular flexibility index (Phi) is 4.99. The van der Waals surface area contributed by atoms with Crippen molar-refractivity contribution in [3.63, 3.8) is 0 Å². The van der Waals surface area contributed by atoms with Crippen LogP contribution >= 0.6 is 11.8 Å². The minimum absolute atomic E-state index is 0.0550. The molecule has 1 saturated heterocycles. The molecule has 0 bridgehead atoms. The lowest BCUT2D eigenvalue weighted by atomic mass is 10.1. The van der Waals surface area contributed by atoms with Crippen LogP contribution in [0.15, 0.2) is 36.5 Å². The summed E-state index contributed by atoms with van der Waals surface area (Å²) in [4.78, 5) is 30.5. The number of amides is 1. The van der Waals surface area contributed by atoms with E-state index in [0.717, 1.165) is 16.5 Å². The number of aromatic nitrogens is 1. The Balaban J connectivity index is 1.79. The summed E-state index contributed by atoms with van der Waals surface area (Å²) >= 11 is 1.59. The van der Waals surface area contributed by atoms with E-state index >= 15 is 0 Å². The van der Waals surface area contributed by atoms with Gasteiger partial charge < -0.3 is 9.64 Å². The van der Waals surface area contributed by atoms with E-state index in [1.807, 2.05) is 51.1 Å². The molecule has 1 fully saturated rings. The molecule has 132 valence electrons. The molecule has 5 nitrogen and oxygen atoms in total. The molecule has 1 aliphatic rings. The second-order valence-electron chi connectivity index (χ2n) is 7.00. The molecule has 1 aromatic heterocycles. The summed E-state index contributed by atoms with van der Waals surface area (Å²) in [5.41, 5.74) is 1.46. The van der Waals surface area contributed by atoms with Gasteiger partial charge in [0.05, 0.1) is 17.7 Å². The summed E-state index contributed by atoms with van der Waals surface area (Å²) in [6, 6.07) is 9.86. The Morgan fingerprint density at radius 1 is 1.32 bits per heavy atom. The van der Waals surface area contributed by atoms with Crippen molar-refractivity contribution in [2.24, 2.45) is 0 Å². The Morgan fingerprint density at radius 3 is 2.84 bits per heavy atom. The molecule has 1 atom stereocenters. The van der Waals surface area contributed by atoms with Crippen LogP contribution in [0.1, 0.15) is 38.1 Å². The van der Waals surface area contributed by atoms with E-state index in [2.05, 4.69) is 4.98 Å². The lowest BCUT2D eigenvalue weighted by Crippen LogP contribution is -2.32. The predicted molar refractivity (Wildman–Crippen MR) is 99.1 cm³/mol. The van der Waals surface area contributed by atoms with Crippen LogP contribution in [0.3, 0.4) is 0 Å². The topological polar surface area (TPSA) is 59.5 Å². The molecule has 1 aliphatic heterocycles. The number of pyridine rings is 1. The number of carbonyl (C=O) groups is 2. The molecule has 1 aromatic carbocycles. The van der Waals surface area contributed by atoms with Gasteiger partial charge in [-0.1, -0.05) is 18.2 Å². The average molecular weight is 358 g/mol. The van der Waals surface area contributed by atoms with Gasteiger partial charge in [-0.05, 0) is 38.5 Å². The van der Waals surface area contributed by atoms with Crippen LogP contribution in [0.4, 0.5) is 0 Å². The van der Waals surface area contributed by atoms with Crippen molar-refractivity contribution in [3.05, 3.63) is 42.1 Å². The third-order valence-electron chi connectivity index (χ3n) is 3.89. The quantitative estimate of drug-likeness (QED) is 0.783. The van der Waals surface area contributed by atoms with E-state index in [4.69, 9.17) is 4.74 Å². The van der Waals surface area contributed by atoms with Crippen molar-refractivity contribution in [1.82, 2.24) is 9.88 Å². The Labute approximate surface area is 151 Å². The third kappa shape index (κ3) is 4.12. The van der Waals surface area contributed by atoms with Gasteiger partial charge in [-0.2, -0.15) is 0 Å². The first kappa shape index (κ1) is 17.7. The number of thioether (sulfide) groups is 1. The number of esters is 1. The minimum Gasteiger partial charge on any atom is -0.460 e. The SMILES string of the molecule is CC(C)(C)OC(=O)CCN1C(=O)CSC1c1ccnc2ccccc12. The second-order valence-corrected chi connectivity index (χ2v) is 8.07. The molecule has 0 aliphatic carbocycles. The van der Waals surface area contributed by atoms with Gasteiger partial charge >= 0.3 is 5.97 Å². The van der Waals surface area contributed by atoms with Crippen molar-refractivity contribution in [2.45, 2.75) is 38.2 Å². The fourth-order valence-electron chi connectivity index (χ4n) is 2.89. The predicted octanol–water partition coefficient (Wildman–Crippen LogP) is 3.54. The lowest BCUT2D eigenvalue weighted by molar-refractivity contribution is -0.155. The molecule has 0 spiro atoms. The van der Waals surface area contributed by atoms with Gasteiger partial charge in [0.1, 0.15) is 11.0 Å². The number of benzene rings is 1. The number of rotatable bonds is 4. The lowest BCUT2D eigenvalue weighted by Gasteiger charge is -2.26. The maximum atomic E-state index is 12.3. The van der Waals surface area contributed by atoms with Crippen molar-refractivity contribution in [3.8, 4) is 0 Å². The number of hydrogen-bond donors (Lipinski definition) is 0. The summed E-state index contributed by atoms with van der Waals surface area (Å²) in [5.74, 6) is 0.199. The fourth-order valence-corrected chi connectivity index (χ4v) is 4.15. The van der Waals surface area contributed by atoms with Crippen molar-refractivity contribution in [1.29, 1.82) is 0 Å². The van der Waals surface area contributed by atoms with Crippen molar-refractivity contribution < 1.29 is 14.3 Å². The molecular formula is C19H22N2O3S. The molecule has 0 radical (unpaired) electrons. The molecule has 1 unspecified atom stereocenters. The Morgan fingerprint density at radius 2 is 2.08 bits per heavy atom. The molecule has 6 heteroatoms. The van der Waals surface area contributed by atoms with Crippen LogP contribution in [0.5, 0.6) is 0 Å². The van der Waals surface area contributed by atoms with E-state index in [1.165, 1.54) is 0 Å². The molecule has 25 heavy (non-hydrogen) atoms. The highest BCUT2D eigenvalue weighted by molar-refractivity contribution is 8.00. The van der Waals surface area contributed by atoms with Gasteiger partial charge in [-0.15, -0.1) is 11.8 Å². The van der Waals surface area contributed by atoms with Crippen LogP contribution in [0.2, 0.25) is 0 Å². The van der Waals surface area contributed by atoms with Crippen LogP contribution in [0.25, 0.3) is 10.9 Å². The zero-order valence-electron chi connectivity index (χ0n) is 14.7. The van der Waals surface area contributed by atoms with Gasteiger partial charge in [-0.3, -0.25) is 14.6 Å². The summed E-state index contributed by atoms with van der Waals surface area (Å²) in [5, 5.41) is 0.947. The highest BCUT2D eigenvalue weighted by Crippen LogP contribution is 2.41. The van der Waals surface area contributed by atoms with Crippen molar-refractivity contribution >= 4 is 34.5 Å². The first-order valence-corrected chi connectivity index (χ1v) is 9.36. The number of ether oxygens (including phenoxy) is 1. The number of fused-ring (bicyclic) bond motifs is 1. The van der Waals surface area contributed by atoms with Crippen molar-refractivity contribution in [2.75, 3.05) is 12.3 Å². The summed E-state index contributed by atoms with van der Waals surface area (Å²) < 4.78 is 5.35. The zero-order valence-corrected chi connectivity index (χ0v) is 15.5. The molecule has 1 amide bonds. The van der Waals surface area contributed by atoms with Gasteiger partial charge in [0.15, 0.2) is 0 Å². The first-order chi connectivity index (χ1) is 11.8. The van der Waals surface area contributed by atoms with Gasteiger partial charge in [0.2, 0.25) is 5.91 Å². The molecule has 2 heterocycles. The normalized spacial score (nSPS) is 18.0. The maximum Gasteiger partial charge on any atom is 0.308 e. The first-order valence-electron chi connectivity index (χ1n) is 8.32. The van der Waals surface area contributed by atoms with E-state index < -0.39 is 5.60 Å². The van der Waals surface area contributed by atoms with Gasteiger partial charge in [-0.25, -0.2) is 0 Å². The Bertz CT molecular complexity index is 795. The van der Waals surface area contributed by atoms with E-state index in [-0.39, 0.29) is 23.7 Å². The van der Waals surface area contributed by atoms with Crippen LogP contribution in [0, 0.1) is 0 Å². The molecule has 0 N–H and O–H groups in total. The number of hydrogen-bond acceptors (Lipinski definition) is 5. The minimum atomic E-state index is -0.512. The van der Waals surface area contributed by atoms with Crippen LogP contribution < -0.4 is 0 Å². The maximum absolute atomic E-state index is 12.3. The average Bonchev–Trinajstić information content (AvgIpc) is 2.91. The highest BCUT2D eigenvalue weighted by Gasteiger charge is 2.34. The summed E-state index contributed by atoms with van der Waals surface area (Å²) in [7, 11) is 0. The summed E-state index contributed by atoms with van der Waals surface area (Å²) in [6.45, 7) is 5.89. The molecular weight excluding hydrogens is 336 g/mol. The molecule has 0 saturated carbocycles. The standard InChI is InChI=1S/C19H22N2O3S/c1-19(2,3)24-17(23)9-11-21-16(22)12-25-18(21)14-8-10-20-15-7-5-4-6-13(14)15/h4-8,10,18H,9,11-12H2,1-3H3. The second kappa shape index (κ2) is 7.04. The van der Waals surface area contributed by atoms with Crippen LogP contribution in [-0.4, -0.2) is 39.7 Å². The molecule has 2 aromatic rings. The van der Waals surface area contributed by atoms with Gasteiger partial charge in [0.25, 0.3) is 0 Å². The smallest absolute Gasteiger partial charge is 0.308 e. The highest BCUT2D eigenvalue weighted by atomic mass is 32.2. The monoisotopic (exact) mass is 358 g/mol. The fraction of sp³-hybridized carbons (Fsp3) is 0.421. The number of nitrogens with zero attached hydrogens (tertiary/aromatic N) is 2. The summed E-state index contributed by atoms with van der Waals surface area (Å²) in [6.07, 6.45) is 1.97. The molecule has 3 rings (SSSR count).